The van der Waals surface area contributed by atoms with Crippen LogP contribution in [0.5, 0.6) is 5.75 Å². The number of hydrogen-bond acceptors (Lipinski definition) is 4. The number of rotatable bonds is 5. The van der Waals surface area contributed by atoms with E-state index in [1.807, 2.05) is 0 Å². The highest BCUT2D eigenvalue weighted by molar-refractivity contribution is 5.75. The molecule has 0 aliphatic heterocycles. The summed E-state index contributed by atoms with van der Waals surface area (Å²) in [4.78, 5) is 15.6. The number of carboxylic acids is 1. The normalized spacial score (nSPS) is 28.0. The minimum atomic E-state index is -0.664. The van der Waals surface area contributed by atoms with Gasteiger partial charge in [-0.25, -0.2) is 9.37 Å². The molecule has 2 heterocycles. The Morgan fingerprint density at radius 3 is 2.56 bits per heavy atom. The van der Waals surface area contributed by atoms with Gasteiger partial charge in [-0.05, 0) is 44.6 Å². The van der Waals surface area contributed by atoms with Crippen LogP contribution in [0, 0.1) is 16.6 Å². The van der Waals surface area contributed by atoms with Gasteiger partial charge in [-0.15, -0.1) is 0 Å². The number of carboxylic acid groups (broad SMARTS) is 1. The number of aromatic nitrogens is 3. The van der Waals surface area contributed by atoms with Crippen LogP contribution in [0.4, 0.5) is 4.39 Å². The molecule has 5 rings (SSSR count). The Labute approximate surface area is 144 Å². The van der Waals surface area contributed by atoms with Crippen LogP contribution in [0.25, 0.3) is 11.4 Å². The molecule has 6 nitrogen and oxygen atoms in total. The van der Waals surface area contributed by atoms with Crippen LogP contribution in [0.2, 0.25) is 0 Å². The number of nitrogens with one attached hydrogen (secondary N) is 1. The number of H-pyrrole nitrogens is 1. The Bertz CT molecular complexity index is 766. The zero-order chi connectivity index (χ0) is 17.5. The van der Waals surface area contributed by atoms with Gasteiger partial charge in [0.25, 0.3) is 0 Å². The number of carbonyl (C=O) groups is 1. The lowest BCUT2D eigenvalue weighted by atomic mass is 9.54. The average molecular weight is 345 g/mol. The van der Waals surface area contributed by atoms with Gasteiger partial charge in [0.1, 0.15) is 11.4 Å². The Morgan fingerprint density at radius 1 is 1.28 bits per heavy atom. The number of ether oxygens (including phenoxy) is 1. The molecule has 3 aliphatic rings. The number of hydrogen-bond donors (Lipinski definition) is 2. The summed E-state index contributed by atoms with van der Waals surface area (Å²) < 4.78 is 20.1. The van der Waals surface area contributed by atoms with E-state index in [2.05, 4.69) is 15.2 Å². The molecule has 2 aromatic rings. The van der Waals surface area contributed by atoms with Crippen LogP contribution in [-0.2, 0) is 4.79 Å². The standard InChI is InChI=1S/C18H20FN3O3/c19-13-9-12(10-20-15(13)14-1-8-21-22-14)25-11-17-2-5-18(6-3-17,7-4-17)16(23)24/h1,8-10H,2-7,11H2,(H,21,22)(H,23,24). The molecular weight excluding hydrogens is 325 g/mol. The summed E-state index contributed by atoms with van der Waals surface area (Å²) in [6.07, 6.45) is 7.72. The van der Waals surface area contributed by atoms with E-state index in [9.17, 15) is 14.3 Å². The van der Waals surface area contributed by atoms with E-state index in [0.717, 1.165) is 19.3 Å². The first-order valence-electron chi connectivity index (χ1n) is 8.54. The van der Waals surface area contributed by atoms with Crippen molar-refractivity contribution in [2.75, 3.05) is 6.61 Å². The summed E-state index contributed by atoms with van der Waals surface area (Å²) in [6.45, 7) is 0.479. The second-order valence-electron chi connectivity index (χ2n) is 7.35. The van der Waals surface area contributed by atoms with Crippen molar-refractivity contribution in [3.8, 4) is 17.1 Å². The molecule has 2 bridgehead atoms. The predicted molar refractivity (Wildman–Crippen MR) is 87.5 cm³/mol. The van der Waals surface area contributed by atoms with E-state index in [-0.39, 0.29) is 11.1 Å². The Balaban J connectivity index is 1.43. The number of fused-ring (bicyclic) bond motifs is 3. The van der Waals surface area contributed by atoms with Crippen molar-refractivity contribution in [1.82, 2.24) is 15.2 Å². The molecule has 0 saturated heterocycles. The lowest BCUT2D eigenvalue weighted by Gasteiger charge is -2.51. The number of nitrogens with zero attached hydrogens (tertiary/aromatic N) is 2. The molecule has 0 atom stereocenters. The van der Waals surface area contributed by atoms with Crippen molar-refractivity contribution in [2.45, 2.75) is 38.5 Å². The fraction of sp³-hybridized carbons (Fsp3) is 0.500. The van der Waals surface area contributed by atoms with Gasteiger partial charge in [-0.1, -0.05) is 0 Å². The topological polar surface area (TPSA) is 88.1 Å². The molecule has 0 aromatic carbocycles. The van der Waals surface area contributed by atoms with Crippen molar-refractivity contribution < 1.29 is 19.0 Å². The summed E-state index contributed by atoms with van der Waals surface area (Å²) in [5, 5.41) is 15.9. The fourth-order valence-electron chi connectivity index (χ4n) is 4.12. The molecule has 0 spiro atoms. The van der Waals surface area contributed by atoms with Gasteiger partial charge >= 0.3 is 5.97 Å². The first-order chi connectivity index (χ1) is 12.0. The molecule has 7 heteroatoms. The minimum Gasteiger partial charge on any atom is -0.491 e. The van der Waals surface area contributed by atoms with Gasteiger partial charge in [-0.2, -0.15) is 5.10 Å². The molecule has 132 valence electrons. The maximum absolute atomic E-state index is 14.2. The van der Waals surface area contributed by atoms with Gasteiger partial charge < -0.3 is 9.84 Å². The van der Waals surface area contributed by atoms with E-state index < -0.39 is 17.2 Å². The molecule has 25 heavy (non-hydrogen) atoms. The smallest absolute Gasteiger partial charge is 0.309 e. The van der Waals surface area contributed by atoms with Crippen LogP contribution in [-0.4, -0.2) is 32.9 Å². The Morgan fingerprint density at radius 2 is 2.00 bits per heavy atom. The van der Waals surface area contributed by atoms with Crippen molar-refractivity contribution in [3.63, 3.8) is 0 Å². The molecule has 0 amide bonds. The SMILES string of the molecule is O=C(O)C12CCC(COc3cnc(-c4ccn[nH]4)c(F)c3)(CC1)CC2. The molecular formula is C18H20FN3O3. The van der Waals surface area contributed by atoms with E-state index >= 15 is 0 Å². The van der Waals surface area contributed by atoms with Gasteiger partial charge in [-0.3, -0.25) is 9.89 Å². The van der Waals surface area contributed by atoms with Crippen molar-refractivity contribution in [1.29, 1.82) is 0 Å². The molecule has 2 aromatic heterocycles. The monoisotopic (exact) mass is 345 g/mol. The summed E-state index contributed by atoms with van der Waals surface area (Å²) in [5.41, 5.74) is 0.216. The molecule has 0 unspecified atom stereocenters. The lowest BCUT2D eigenvalue weighted by molar-refractivity contribution is -0.160. The maximum atomic E-state index is 14.2. The zero-order valence-electron chi connectivity index (χ0n) is 13.8. The van der Waals surface area contributed by atoms with Gasteiger partial charge in [0.2, 0.25) is 0 Å². The third-order valence-electron chi connectivity index (χ3n) is 5.97. The highest BCUT2D eigenvalue weighted by Gasteiger charge is 2.52. The summed E-state index contributed by atoms with van der Waals surface area (Å²) in [5.74, 6) is -0.727. The highest BCUT2D eigenvalue weighted by Crippen LogP contribution is 2.57. The number of aromatic amines is 1. The van der Waals surface area contributed by atoms with Crippen LogP contribution in [0.3, 0.4) is 0 Å². The molecule has 3 aliphatic carbocycles. The summed E-state index contributed by atoms with van der Waals surface area (Å²) in [6, 6.07) is 3.00. The third kappa shape index (κ3) is 2.77. The van der Waals surface area contributed by atoms with Gasteiger partial charge in [0, 0.05) is 17.7 Å². The predicted octanol–water partition coefficient (Wildman–Crippen LogP) is 3.41. The lowest BCUT2D eigenvalue weighted by Crippen LogP contribution is -2.48. The van der Waals surface area contributed by atoms with Crippen molar-refractivity contribution >= 4 is 5.97 Å². The minimum absolute atomic E-state index is 0.00965. The van der Waals surface area contributed by atoms with Gasteiger partial charge in [0.05, 0.1) is 23.9 Å². The molecule has 3 saturated carbocycles. The van der Waals surface area contributed by atoms with Crippen LogP contribution < -0.4 is 4.74 Å². The van der Waals surface area contributed by atoms with Crippen molar-refractivity contribution in [2.24, 2.45) is 10.8 Å². The van der Waals surface area contributed by atoms with E-state index in [1.54, 1.807) is 12.3 Å². The Hall–Kier alpha value is -2.44. The second kappa shape index (κ2) is 5.82. The van der Waals surface area contributed by atoms with Crippen molar-refractivity contribution in [3.05, 3.63) is 30.3 Å². The average Bonchev–Trinajstić information content (AvgIpc) is 3.16. The zero-order valence-corrected chi connectivity index (χ0v) is 13.8. The Kier molecular flexibility index (Phi) is 3.74. The summed E-state index contributed by atoms with van der Waals surface area (Å²) in [7, 11) is 0. The van der Waals surface area contributed by atoms with Gasteiger partial charge in [0.15, 0.2) is 5.82 Å². The first kappa shape index (κ1) is 16.1. The number of aliphatic carboxylic acids is 1. The maximum Gasteiger partial charge on any atom is 0.309 e. The highest BCUT2D eigenvalue weighted by atomic mass is 19.1. The summed E-state index contributed by atoms with van der Waals surface area (Å²) >= 11 is 0. The van der Waals surface area contributed by atoms with E-state index in [0.29, 0.717) is 37.3 Å². The van der Waals surface area contributed by atoms with Crippen LogP contribution >= 0.6 is 0 Å². The quantitative estimate of drug-likeness (QED) is 0.867. The fourth-order valence-corrected chi connectivity index (χ4v) is 4.12. The molecule has 0 radical (unpaired) electrons. The van der Waals surface area contributed by atoms with E-state index in [1.165, 1.54) is 12.3 Å². The van der Waals surface area contributed by atoms with Crippen LogP contribution in [0.1, 0.15) is 38.5 Å². The molecule has 3 fully saturated rings. The third-order valence-corrected chi connectivity index (χ3v) is 5.97. The van der Waals surface area contributed by atoms with Crippen LogP contribution in [0.15, 0.2) is 24.5 Å². The molecule has 2 N–H and O–H groups in total. The van der Waals surface area contributed by atoms with E-state index in [4.69, 9.17) is 4.74 Å². The number of halogens is 1. The second-order valence-corrected chi connectivity index (χ2v) is 7.35. The first-order valence-corrected chi connectivity index (χ1v) is 8.54. The largest absolute Gasteiger partial charge is 0.491 e. The number of pyridine rings is 1.